The Kier molecular flexibility index (Phi) is 24.3. The fraction of sp³-hybridized carbons (Fsp3) is 0.426. The van der Waals surface area contributed by atoms with Gasteiger partial charge in [-0.25, -0.2) is 13.2 Å². The topological polar surface area (TPSA) is 314 Å². The quantitative estimate of drug-likeness (QED) is 0.0185. The van der Waals surface area contributed by atoms with Crippen LogP contribution in [0.5, 0.6) is 5.75 Å². The number of nitrogens with zero attached hydrogens (tertiary/aromatic N) is 5. The molecule has 1 aliphatic heterocycles. The van der Waals surface area contributed by atoms with Crippen LogP contribution in [0.3, 0.4) is 0 Å². The van der Waals surface area contributed by atoms with E-state index in [0.29, 0.717) is 41.1 Å². The van der Waals surface area contributed by atoms with Crippen LogP contribution in [0.25, 0.3) is 5.69 Å². The Morgan fingerprint density at radius 3 is 2.26 bits per heavy atom. The minimum Gasteiger partial charge on any atom is -0.480 e. The van der Waals surface area contributed by atoms with Gasteiger partial charge < -0.3 is 29.3 Å². The zero-order valence-corrected chi connectivity index (χ0v) is 44.9. The van der Waals surface area contributed by atoms with E-state index in [0.717, 1.165) is 72.8 Å². The summed E-state index contributed by atoms with van der Waals surface area (Å²) in [5, 5.41) is 26.2. The lowest BCUT2D eigenvalue weighted by Gasteiger charge is -2.31. The number of carboxylic acids is 1. The van der Waals surface area contributed by atoms with E-state index in [1.165, 1.54) is 10.7 Å². The van der Waals surface area contributed by atoms with E-state index in [2.05, 4.69) is 29.3 Å². The fourth-order valence-electron chi connectivity index (χ4n) is 7.55. The van der Waals surface area contributed by atoms with Crippen LogP contribution in [0.2, 0.25) is 10.0 Å². The summed E-state index contributed by atoms with van der Waals surface area (Å²) >= 11 is 18.0. The number of carbonyl (C=O) groups excluding carboxylic acids is 4. The highest BCUT2D eigenvalue weighted by Crippen LogP contribution is 2.34. The molecule has 74 heavy (non-hydrogen) atoms. The van der Waals surface area contributed by atoms with Gasteiger partial charge in [-0.2, -0.15) is 4.68 Å². The van der Waals surface area contributed by atoms with Gasteiger partial charge in [0, 0.05) is 51.3 Å². The number of benzene rings is 3. The van der Waals surface area contributed by atoms with E-state index in [9.17, 15) is 51.9 Å². The van der Waals surface area contributed by atoms with Crippen molar-refractivity contribution in [2.75, 3.05) is 50.2 Å². The van der Waals surface area contributed by atoms with Crippen molar-refractivity contribution in [3.05, 3.63) is 102 Å². The summed E-state index contributed by atoms with van der Waals surface area (Å²) in [6.07, 6.45) is 9.62. The molecule has 1 unspecified atom stereocenters. The van der Waals surface area contributed by atoms with Crippen molar-refractivity contribution in [1.82, 2.24) is 19.7 Å². The monoisotopic (exact) mass is 1130 g/mol. The maximum atomic E-state index is 12.5. The highest BCUT2D eigenvalue weighted by Gasteiger charge is 2.39. The molecule has 22 nitrogen and oxygen atoms in total. The van der Waals surface area contributed by atoms with E-state index in [-0.39, 0.29) is 47.9 Å². The number of nitro groups is 1. The fourth-order valence-corrected chi connectivity index (χ4v) is 9.24. The number of ether oxygens (including phenoxy) is 2. The van der Waals surface area contributed by atoms with Crippen molar-refractivity contribution in [1.29, 1.82) is 0 Å². The lowest BCUT2D eigenvalue weighted by atomic mass is 9.81. The zero-order chi connectivity index (χ0) is 55.7. The molecule has 1 amide bonds. The number of nitro benzene ring substituents is 1. The van der Waals surface area contributed by atoms with Crippen molar-refractivity contribution in [2.24, 2.45) is 5.92 Å². The number of methoxy groups -OCH3 is 1. The number of carboxylic acid groups (broad SMARTS) is 1. The summed E-state index contributed by atoms with van der Waals surface area (Å²) in [6, 6.07) is 11.9. The Morgan fingerprint density at radius 2 is 1.72 bits per heavy atom. The number of sulfone groups is 1. The molecule has 2 aliphatic rings. The molecule has 2 heterocycles. The van der Waals surface area contributed by atoms with Gasteiger partial charge in [0.15, 0.2) is 27.2 Å². The number of aromatic nitrogens is 3. The molecule has 0 bridgehead atoms. The predicted molar refractivity (Wildman–Crippen MR) is 276 cm³/mol. The normalized spacial score (nSPS) is 13.8. The number of nitrogens with one attached hydrogen (secondary N) is 1. The standard InChI is InChI=1S/C15H13Cl2N3O2.C15H22ClNO2.C14H13NO7S.C3H8NO5P/c1-2-7-22-13-9-12(10(16)8-11(13)17)20-15(21)19-6-4-3-5-14(19)18-20;1-5-13-8-6-7-11(2)15(13)17(14(18)9-16)12(3)10-19-4;1-23(21,22)8-5-6-9(10(7-8)15(19)20)14(18)13-11(16)3-2-4-12(13)17;5-3(6)1-4-2-10(7,8)9/h1,8-9H,3-7H2;6-8,12H,5,9-10H2,1-4H3;5-7,13H,2-4H2,1H3;4H,1-2H2,(H,5,6)(H2,7,8,9). The SMILES string of the molecule is C#CCOc1cc(-n2nc3n(c2=O)CCCC3)c(Cl)cc1Cl.CCc1cccc(C)c1N(C(=O)CCl)C(C)COC.CS(=O)(=O)c1ccc(C(=O)C2C(=O)CCCC2=O)c([N+](=O)[O-])c1.O=C(O)CNCP(=O)(O)O. The van der Waals surface area contributed by atoms with Gasteiger partial charge in [-0.1, -0.05) is 54.2 Å². The van der Waals surface area contributed by atoms with Crippen LogP contribution in [0.4, 0.5) is 11.4 Å². The number of aliphatic carboxylic acids is 1. The van der Waals surface area contributed by atoms with Crippen LogP contribution in [0, 0.1) is 35.3 Å². The lowest BCUT2D eigenvalue weighted by molar-refractivity contribution is -0.385. The number of amides is 1. The number of terminal acetylenes is 1. The van der Waals surface area contributed by atoms with E-state index in [4.69, 9.17) is 65.6 Å². The third kappa shape index (κ3) is 17.7. The average molecular weight is 1130 g/mol. The maximum Gasteiger partial charge on any atom is 0.350 e. The number of rotatable bonds is 17. The first-order valence-corrected chi connectivity index (χ1v) is 27.5. The van der Waals surface area contributed by atoms with Crippen LogP contribution in [-0.4, -0.2) is 123 Å². The lowest BCUT2D eigenvalue weighted by Crippen LogP contribution is -2.43. The molecule has 1 saturated carbocycles. The molecular formula is C47H56Cl3N6O16PS. The van der Waals surface area contributed by atoms with E-state index in [1.807, 2.05) is 26.0 Å². The van der Waals surface area contributed by atoms with Crippen molar-refractivity contribution < 1.29 is 66.2 Å². The van der Waals surface area contributed by atoms with Crippen molar-refractivity contribution in [2.45, 2.75) is 83.2 Å². The van der Waals surface area contributed by atoms with Gasteiger partial charge in [0.2, 0.25) is 5.91 Å². The van der Waals surface area contributed by atoms with Gasteiger partial charge in [0.1, 0.15) is 30.0 Å². The number of alkyl halides is 1. The molecule has 0 saturated heterocycles. The first-order chi connectivity index (χ1) is 34.7. The largest absolute Gasteiger partial charge is 0.480 e. The van der Waals surface area contributed by atoms with Crippen LogP contribution in [-0.2, 0) is 57.7 Å². The number of aryl methyl sites for hydroxylation is 3. The highest BCUT2D eigenvalue weighted by molar-refractivity contribution is 7.90. The van der Waals surface area contributed by atoms with Gasteiger partial charge in [-0.05, 0) is 68.9 Å². The third-order valence-electron chi connectivity index (χ3n) is 10.9. The first kappa shape index (κ1) is 62.5. The number of halogens is 3. The molecule has 27 heteroatoms. The summed E-state index contributed by atoms with van der Waals surface area (Å²) in [7, 11) is -6.16. The second-order valence-corrected chi connectivity index (χ2v) is 21.3. The molecule has 3 aromatic carbocycles. The van der Waals surface area contributed by atoms with E-state index >= 15 is 0 Å². The molecule has 4 N–H and O–H groups in total. The minimum atomic E-state index is -4.10. The van der Waals surface area contributed by atoms with Crippen LogP contribution in [0.1, 0.15) is 73.3 Å². The molecular weight excluding hydrogens is 1070 g/mol. The molecule has 1 aromatic heterocycles. The third-order valence-corrected chi connectivity index (χ3v) is 13.5. The molecule has 402 valence electrons. The number of para-hydroxylation sites is 1. The Hall–Kier alpha value is -5.80. The molecule has 4 aromatic rings. The van der Waals surface area contributed by atoms with Gasteiger partial charge in [-0.3, -0.25) is 48.5 Å². The summed E-state index contributed by atoms with van der Waals surface area (Å²) < 4.78 is 46.5. The first-order valence-electron chi connectivity index (χ1n) is 22.5. The van der Waals surface area contributed by atoms with Crippen molar-refractivity contribution in [3.63, 3.8) is 0 Å². The summed E-state index contributed by atoms with van der Waals surface area (Å²) in [5.41, 5.74) is 2.27. The average Bonchev–Trinajstić information content (AvgIpc) is 3.66. The van der Waals surface area contributed by atoms with Crippen molar-refractivity contribution >= 4 is 92.8 Å². The van der Waals surface area contributed by atoms with Gasteiger partial charge in [0.25, 0.3) is 5.69 Å². The number of anilines is 1. The molecule has 6 rings (SSSR count). The van der Waals surface area contributed by atoms with Crippen LogP contribution >= 0.6 is 42.4 Å². The smallest absolute Gasteiger partial charge is 0.350 e. The highest BCUT2D eigenvalue weighted by atomic mass is 35.5. The summed E-state index contributed by atoms with van der Waals surface area (Å²) in [6.45, 7) is 6.88. The zero-order valence-electron chi connectivity index (χ0n) is 40.9. The van der Waals surface area contributed by atoms with Gasteiger partial charge >= 0.3 is 19.3 Å². The number of carbonyl (C=O) groups is 5. The van der Waals surface area contributed by atoms with E-state index < -0.39 is 75.7 Å². The van der Waals surface area contributed by atoms with E-state index in [1.54, 1.807) is 22.6 Å². The summed E-state index contributed by atoms with van der Waals surface area (Å²) in [5.74, 6) is -1.36. The maximum absolute atomic E-state index is 12.5. The number of hydrogen-bond donors (Lipinski definition) is 4. The Labute approximate surface area is 441 Å². The number of fused-ring (bicyclic) bond motifs is 1. The van der Waals surface area contributed by atoms with Crippen LogP contribution in [0.15, 0.2) is 58.2 Å². The Balaban J connectivity index is 0.000000269. The Bertz CT molecular complexity index is 2970. The Morgan fingerprint density at radius 1 is 1.05 bits per heavy atom. The summed E-state index contributed by atoms with van der Waals surface area (Å²) in [4.78, 5) is 98.5. The molecule has 0 spiro atoms. The number of Topliss-reactive ketones (excluding diaryl/α,β-unsaturated/α-hetero) is 3. The second kappa shape index (κ2) is 28.8. The van der Waals surface area contributed by atoms with Crippen LogP contribution < -0.4 is 20.6 Å². The molecule has 1 atom stereocenters. The number of ketones is 3. The molecule has 1 aliphatic carbocycles. The van der Waals surface area contributed by atoms with Crippen molar-refractivity contribution in [3.8, 4) is 23.8 Å². The molecule has 1 fully saturated rings. The minimum absolute atomic E-state index is 0.0223. The second-order valence-electron chi connectivity index (χ2n) is 16.5. The molecule has 0 radical (unpaired) electrons. The van der Waals surface area contributed by atoms with Gasteiger partial charge in [-0.15, -0.1) is 23.1 Å². The predicted octanol–water partition coefficient (Wildman–Crippen LogP) is 5.77. The number of hydrogen-bond acceptors (Lipinski definition) is 15. The van der Waals surface area contributed by atoms with Gasteiger partial charge in [0.05, 0.1) is 62.3 Å².